The van der Waals surface area contributed by atoms with Gasteiger partial charge in [-0.15, -0.1) is 0 Å². The number of amides is 2. The second kappa shape index (κ2) is 7.65. The van der Waals surface area contributed by atoms with Gasteiger partial charge < -0.3 is 10.2 Å². The first kappa shape index (κ1) is 17.4. The molecule has 0 saturated carbocycles. The minimum Gasteiger partial charge on any atom is -0.334 e. The highest BCUT2D eigenvalue weighted by atomic mass is 16.2. The number of carbonyl (C=O) groups excluding carboxylic acids is 1. The Morgan fingerprint density at radius 3 is 2.84 bits per heavy atom. The molecule has 1 aromatic carbocycles. The van der Waals surface area contributed by atoms with Crippen molar-refractivity contribution >= 4 is 6.03 Å². The van der Waals surface area contributed by atoms with Gasteiger partial charge in [0.2, 0.25) is 0 Å². The number of rotatable bonds is 5. The average molecular weight is 342 g/mol. The summed E-state index contributed by atoms with van der Waals surface area (Å²) in [5, 5.41) is 7.17. The number of carbonyl (C=O) groups is 1. The van der Waals surface area contributed by atoms with E-state index in [0.717, 1.165) is 25.3 Å². The van der Waals surface area contributed by atoms with Gasteiger partial charge in [0, 0.05) is 39.3 Å². The van der Waals surface area contributed by atoms with Crippen LogP contribution in [-0.2, 0) is 13.6 Å². The molecular weight excluding hydrogens is 316 g/mol. The maximum Gasteiger partial charge on any atom is 0.317 e. The Morgan fingerprint density at radius 2 is 2.16 bits per heavy atom. The van der Waals surface area contributed by atoms with E-state index in [4.69, 9.17) is 0 Å². The van der Waals surface area contributed by atoms with E-state index in [2.05, 4.69) is 51.5 Å². The van der Waals surface area contributed by atoms with E-state index in [1.165, 1.54) is 11.9 Å². The van der Waals surface area contributed by atoms with E-state index in [1.54, 1.807) is 16.6 Å². The van der Waals surface area contributed by atoms with E-state index < -0.39 is 0 Å². The lowest BCUT2D eigenvalue weighted by Crippen LogP contribution is -2.44. The number of aryl methyl sites for hydroxylation is 1. The van der Waals surface area contributed by atoms with Crippen LogP contribution in [0.4, 0.5) is 4.79 Å². The molecule has 0 bridgehead atoms. The molecule has 7 nitrogen and oxygen atoms in total. The maximum absolute atomic E-state index is 12.4. The highest BCUT2D eigenvalue weighted by Crippen LogP contribution is 2.24. The number of hydrogen-bond donors (Lipinski definition) is 1. The van der Waals surface area contributed by atoms with Gasteiger partial charge in [0.15, 0.2) is 0 Å². The first-order valence-electron chi connectivity index (χ1n) is 8.68. The van der Waals surface area contributed by atoms with Crippen molar-refractivity contribution in [3.05, 3.63) is 48.0 Å². The third kappa shape index (κ3) is 4.17. The van der Waals surface area contributed by atoms with Crippen molar-refractivity contribution < 1.29 is 4.79 Å². The molecule has 7 heteroatoms. The fourth-order valence-corrected chi connectivity index (χ4v) is 3.23. The summed E-state index contributed by atoms with van der Waals surface area (Å²) in [6, 6.07) is 11.0. The lowest BCUT2D eigenvalue weighted by molar-refractivity contribution is 0.199. The van der Waals surface area contributed by atoms with Gasteiger partial charge in [0.25, 0.3) is 0 Å². The Bertz CT molecular complexity index is 701. The Hall–Kier alpha value is -2.41. The van der Waals surface area contributed by atoms with Crippen LogP contribution in [0.25, 0.3) is 0 Å². The number of nitrogens with one attached hydrogen (secondary N) is 1. The fourth-order valence-electron chi connectivity index (χ4n) is 3.23. The van der Waals surface area contributed by atoms with E-state index in [0.29, 0.717) is 12.6 Å². The number of likely N-dealkylation sites (tertiary alicyclic amines) is 1. The standard InChI is InChI=1S/C18H26N6O/c1-14(15-7-5-4-6-8-15)24-10-9-16(11-24)21-18(25)22(2)12-17-19-13-20-23(17)3/h4-8,13-14,16H,9-12H2,1-3H3,(H,21,25). The molecule has 1 saturated heterocycles. The number of urea groups is 1. The van der Waals surface area contributed by atoms with Crippen molar-refractivity contribution in [1.29, 1.82) is 0 Å². The van der Waals surface area contributed by atoms with Crippen LogP contribution in [0.5, 0.6) is 0 Å². The first-order valence-corrected chi connectivity index (χ1v) is 8.68. The van der Waals surface area contributed by atoms with Crippen molar-refractivity contribution in [2.24, 2.45) is 7.05 Å². The van der Waals surface area contributed by atoms with Gasteiger partial charge in [-0.2, -0.15) is 5.10 Å². The molecule has 2 aromatic rings. The molecule has 0 radical (unpaired) electrons. The zero-order chi connectivity index (χ0) is 17.8. The van der Waals surface area contributed by atoms with E-state index in [1.807, 2.05) is 13.1 Å². The Morgan fingerprint density at radius 1 is 1.40 bits per heavy atom. The molecule has 1 aliphatic heterocycles. The molecule has 3 rings (SSSR count). The van der Waals surface area contributed by atoms with Gasteiger partial charge in [-0.1, -0.05) is 30.3 Å². The monoisotopic (exact) mass is 342 g/mol. The van der Waals surface area contributed by atoms with Gasteiger partial charge in [0.05, 0.1) is 6.54 Å². The third-order valence-electron chi connectivity index (χ3n) is 4.91. The number of benzene rings is 1. The van der Waals surface area contributed by atoms with Crippen molar-refractivity contribution in [3.8, 4) is 0 Å². The van der Waals surface area contributed by atoms with Gasteiger partial charge in [-0.05, 0) is 18.9 Å². The predicted molar refractivity (Wildman–Crippen MR) is 95.8 cm³/mol. The van der Waals surface area contributed by atoms with Gasteiger partial charge in [-0.3, -0.25) is 9.58 Å². The quantitative estimate of drug-likeness (QED) is 0.900. The van der Waals surface area contributed by atoms with E-state index in [-0.39, 0.29) is 12.1 Å². The Balaban J connectivity index is 1.50. The van der Waals surface area contributed by atoms with Gasteiger partial charge in [0.1, 0.15) is 12.2 Å². The summed E-state index contributed by atoms with van der Waals surface area (Å²) in [4.78, 5) is 20.6. The molecule has 2 heterocycles. The highest BCUT2D eigenvalue weighted by Gasteiger charge is 2.28. The van der Waals surface area contributed by atoms with Crippen LogP contribution in [-0.4, -0.2) is 56.8 Å². The van der Waals surface area contributed by atoms with Crippen LogP contribution in [0, 0.1) is 0 Å². The first-order chi connectivity index (χ1) is 12.0. The van der Waals surface area contributed by atoms with Crippen molar-refractivity contribution in [1.82, 2.24) is 29.9 Å². The topological polar surface area (TPSA) is 66.3 Å². The lowest BCUT2D eigenvalue weighted by Gasteiger charge is -2.25. The maximum atomic E-state index is 12.4. The lowest BCUT2D eigenvalue weighted by atomic mass is 10.1. The molecule has 134 valence electrons. The molecule has 25 heavy (non-hydrogen) atoms. The van der Waals surface area contributed by atoms with Crippen molar-refractivity contribution in [2.45, 2.75) is 32.0 Å². The van der Waals surface area contributed by atoms with Crippen LogP contribution < -0.4 is 5.32 Å². The van der Waals surface area contributed by atoms with E-state index >= 15 is 0 Å². The van der Waals surface area contributed by atoms with E-state index in [9.17, 15) is 4.79 Å². The number of aromatic nitrogens is 3. The summed E-state index contributed by atoms with van der Waals surface area (Å²) in [6.07, 6.45) is 2.47. The average Bonchev–Trinajstić information content (AvgIpc) is 3.24. The summed E-state index contributed by atoms with van der Waals surface area (Å²) in [7, 11) is 3.61. The molecule has 2 amide bonds. The molecule has 1 N–H and O–H groups in total. The van der Waals surface area contributed by atoms with Gasteiger partial charge >= 0.3 is 6.03 Å². The molecule has 1 fully saturated rings. The Labute approximate surface area is 148 Å². The van der Waals surface area contributed by atoms with Crippen molar-refractivity contribution in [2.75, 3.05) is 20.1 Å². The fraction of sp³-hybridized carbons (Fsp3) is 0.500. The Kier molecular flexibility index (Phi) is 5.33. The minimum atomic E-state index is -0.0674. The molecule has 1 aromatic heterocycles. The smallest absolute Gasteiger partial charge is 0.317 e. The SMILES string of the molecule is CC(c1ccccc1)N1CCC(NC(=O)N(C)Cc2ncnn2C)C1. The number of hydrogen-bond acceptors (Lipinski definition) is 4. The predicted octanol–water partition coefficient (Wildman–Crippen LogP) is 1.79. The summed E-state index contributed by atoms with van der Waals surface area (Å²) < 4.78 is 1.68. The van der Waals surface area contributed by atoms with Crippen LogP contribution in [0.15, 0.2) is 36.7 Å². The zero-order valence-electron chi connectivity index (χ0n) is 15.1. The largest absolute Gasteiger partial charge is 0.334 e. The zero-order valence-corrected chi connectivity index (χ0v) is 15.1. The second-order valence-corrected chi connectivity index (χ2v) is 6.67. The summed E-state index contributed by atoms with van der Waals surface area (Å²) >= 11 is 0. The molecule has 0 spiro atoms. The molecule has 2 atom stereocenters. The van der Waals surface area contributed by atoms with Gasteiger partial charge in [-0.25, -0.2) is 9.78 Å². The summed E-state index contributed by atoms with van der Waals surface area (Å²) in [6.45, 7) is 4.53. The minimum absolute atomic E-state index is 0.0674. The summed E-state index contributed by atoms with van der Waals surface area (Å²) in [5.74, 6) is 0.767. The molecule has 0 aliphatic carbocycles. The van der Waals surface area contributed by atoms with Crippen LogP contribution in [0.1, 0.15) is 30.8 Å². The number of nitrogens with zero attached hydrogens (tertiary/aromatic N) is 5. The van der Waals surface area contributed by atoms with Crippen LogP contribution in [0.3, 0.4) is 0 Å². The summed E-state index contributed by atoms with van der Waals surface area (Å²) in [5.41, 5.74) is 1.31. The van der Waals surface area contributed by atoms with Crippen LogP contribution in [0.2, 0.25) is 0 Å². The normalized spacial score (nSPS) is 18.9. The molecule has 1 aliphatic rings. The molecular formula is C18H26N6O. The highest BCUT2D eigenvalue weighted by molar-refractivity contribution is 5.74. The van der Waals surface area contributed by atoms with Crippen LogP contribution >= 0.6 is 0 Å². The molecule has 2 unspecified atom stereocenters. The van der Waals surface area contributed by atoms with Crippen molar-refractivity contribution in [3.63, 3.8) is 0 Å². The second-order valence-electron chi connectivity index (χ2n) is 6.67. The third-order valence-corrected chi connectivity index (χ3v) is 4.91.